The minimum atomic E-state index is -0.118. The van der Waals surface area contributed by atoms with E-state index in [2.05, 4.69) is 17.9 Å². The Hall–Kier alpha value is -1.16. The first kappa shape index (κ1) is 10.0. The molecule has 0 radical (unpaired) electrons. The molecule has 0 aromatic rings. The van der Waals surface area contributed by atoms with Gasteiger partial charge in [0.15, 0.2) is 0 Å². The lowest BCUT2D eigenvalue weighted by molar-refractivity contribution is -0.139. The molecule has 4 nitrogen and oxygen atoms in total. The smallest absolute Gasteiger partial charge is 0.234 e. The second-order valence-electron chi connectivity index (χ2n) is 5.12. The molecule has 3 aliphatic rings. The van der Waals surface area contributed by atoms with Crippen LogP contribution in [0, 0.1) is 11.8 Å². The van der Waals surface area contributed by atoms with Crippen molar-refractivity contribution in [2.24, 2.45) is 11.8 Å². The predicted octanol–water partition coefficient (Wildman–Crippen LogP) is 0.252. The monoisotopic (exact) mass is 220 g/mol. The molecule has 0 saturated carbocycles. The Labute approximate surface area is 94.9 Å². The number of nitrogens with zero attached hydrogens (tertiary/aromatic N) is 2. The molecule has 0 unspecified atom stereocenters. The van der Waals surface area contributed by atoms with E-state index in [-0.39, 0.29) is 29.7 Å². The van der Waals surface area contributed by atoms with Gasteiger partial charge in [0.1, 0.15) is 0 Å². The number of hydrogen-bond acceptors (Lipinski definition) is 3. The first-order chi connectivity index (χ1) is 7.59. The summed E-state index contributed by atoms with van der Waals surface area (Å²) in [4.78, 5) is 27.5. The van der Waals surface area contributed by atoms with Gasteiger partial charge in [0.2, 0.25) is 11.8 Å². The zero-order chi connectivity index (χ0) is 11.4. The number of carbonyl (C=O) groups excluding carboxylic acids is 2. The third kappa shape index (κ3) is 1.13. The van der Waals surface area contributed by atoms with Crippen LogP contribution in [0.15, 0.2) is 11.6 Å². The van der Waals surface area contributed by atoms with Crippen LogP contribution in [0.2, 0.25) is 0 Å². The third-order valence-electron chi connectivity index (χ3n) is 4.17. The highest BCUT2D eigenvalue weighted by atomic mass is 16.2. The number of rotatable bonds is 0. The lowest BCUT2D eigenvalue weighted by Gasteiger charge is -2.30. The number of carbonyl (C=O) groups is 2. The van der Waals surface area contributed by atoms with Gasteiger partial charge >= 0.3 is 0 Å². The molecule has 0 aliphatic carbocycles. The molecule has 4 heteroatoms. The van der Waals surface area contributed by atoms with E-state index in [1.54, 1.807) is 7.05 Å². The van der Waals surface area contributed by atoms with Crippen LogP contribution in [-0.4, -0.2) is 47.8 Å². The molecule has 2 saturated heterocycles. The predicted molar refractivity (Wildman–Crippen MR) is 58.5 cm³/mol. The van der Waals surface area contributed by atoms with Crippen molar-refractivity contribution >= 4 is 11.8 Å². The third-order valence-corrected chi connectivity index (χ3v) is 4.17. The molecule has 3 aliphatic heterocycles. The van der Waals surface area contributed by atoms with Crippen LogP contribution >= 0.6 is 0 Å². The van der Waals surface area contributed by atoms with Crippen molar-refractivity contribution in [3.05, 3.63) is 11.6 Å². The second-order valence-corrected chi connectivity index (χ2v) is 5.12. The van der Waals surface area contributed by atoms with E-state index < -0.39 is 0 Å². The minimum Gasteiger partial charge on any atom is -0.295 e. The molecule has 0 N–H and O–H groups in total. The highest BCUT2D eigenvalue weighted by Gasteiger charge is 2.55. The summed E-state index contributed by atoms with van der Waals surface area (Å²) in [5, 5.41) is 0. The molecular weight excluding hydrogens is 204 g/mol. The molecule has 0 bridgehead atoms. The van der Waals surface area contributed by atoms with Crippen molar-refractivity contribution in [1.82, 2.24) is 9.80 Å². The first-order valence-electron chi connectivity index (χ1n) is 5.82. The largest absolute Gasteiger partial charge is 0.295 e. The van der Waals surface area contributed by atoms with Gasteiger partial charge in [-0.15, -0.1) is 0 Å². The molecule has 0 aromatic heterocycles. The maximum atomic E-state index is 12.0. The summed E-state index contributed by atoms with van der Waals surface area (Å²) < 4.78 is 0. The van der Waals surface area contributed by atoms with Gasteiger partial charge in [-0.05, 0) is 13.3 Å². The quantitative estimate of drug-likeness (QED) is 0.434. The Bertz CT molecular complexity index is 402. The molecule has 16 heavy (non-hydrogen) atoms. The first-order valence-corrected chi connectivity index (χ1v) is 5.82. The van der Waals surface area contributed by atoms with Crippen LogP contribution < -0.4 is 0 Å². The highest BCUT2D eigenvalue weighted by Crippen LogP contribution is 2.40. The molecule has 3 heterocycles. The lowest BCUT2D eigenvalue weighted by Crippen LogP contribution is -2.40. The Morgan fingerprint density at radius 2 is 2.06 bits per heavy atom. The topological polar surface area (TPSA) is 40.6 Å². The number of imide groups is 1. The number of hydrogen-bond donors (Lipinski definition) is 0. The summed E-state index contributed by atoms with van der Waals surface area (Å²) in [6.07, 6.45) is 3.24. The fourth-order valence-corrected chi connectivity index (χ4v) is 3.23. The molecule has 2 fully saturated rings. The molecule has 3 rings (SSSR count). The van der Waals surface area contributed by atoms with Gasteiger partial charge in [-0.1, -0.05) is 11.6 Å². The van der Waals surface area contributed by atoms with Crippen LogP contribution in [0.25, 0.3) is 0 Å². The summed E-state index contributed by atoms with van der Waals surface area (Å²) in [7, 11) is 1.60. The zero-order valence-electron chi connectivity index (χ0n) is 9.64. The van der Waals surface area contributed by atoms with E-state index in [1.807, 2.05) is 0 Å². The summed E-state index contributed by atoms with van der Waals surface area (Å²) in [6, 6.07) is 0.167. The van der Waals surface area contributed by atoms with Gasteiger partial charge in [-0.2, -0.15) is 0 Å². The van der Waals surface area contributed by atoms with E-state index in [0.29, 0.717) is 0 Å². The van der Waals surface area contributed by atoms with Crippen LogP contribution in [0.5, 0.6) is 0 Å². The zero-order valence-corrected chi connectivity index (χ0v) is 9.64. The van der Waals surface area contributed by atoms with Crippen LogP contribution in [0.3, 0.4) is 0 Å². The molecule has 0 aromatic carbocycles. The average molecular weight is 220 g/mol. The number of fused-ring (bicyclic) bond motifs is 3. The minimum absolute atomic E-state index is 0.00782. The van der Waals surface area contributed by atoms with E-state index in [1.165, 1.54) is 10.5 Å². The summed E-state index contributed by atoms with van der Waals surface area (Å²) in [5.41, 5.74) is 1.34. The maximum absolute atomic E-state index is 12.0. The maximum Gasteiger partial charge on any atom is 0.234 e. The fourth-order valence-electron chi connectivity index (χ4n) is 3.23. The Balaban J connectivity index is 1.98. The number of likely N-dealkylation sites (tertiary alicyclic amines) is 1. The van der Waals surface area contributed by atoms with Crippen molar-refractivity contribution in [1.29, 1.82) is 0 Å². The average Bonchev–Trinajstić information content (AvgIpc) is 2.72. The fraction of sp³-hybridized carbons (Fsp3) is 0.667. The van der Waals surface area contributed by atoms with E-state index >= 15 is 0 Å². The molecule has 0 spiro atoms. The van der Waals surface area contributed by atoms with E-state index in [4.69, 9.17) is 0 Å². The Morgan fingerprint density at radius 3 is 2.81 bits per heavy atom. The number of amides is 2. The van der Waals surface area contributed by atoms with Crippen molar-refractivity contribution in [3.8, 4) is 0 Å². The summed E-state index contributed by atoms with van der Waals surface area (Å²) in [6.45, 7) is 3.86. The highest BCUT2D eigenvalue weighted by molar-refractivity contribution is 6.05. The van der Waals surface area contributed by atoms with Gasteiger partial charge < -0.3 is 0 Å². The van der Waals surface area contributed by atoms with E-state index in [9.17, 15) is 9.59 Å². The molecular formula is C12H16N2O2. The van der Waals surface area contributed by atoms with Crippen LogP contribution in [0.1, 0.15) is 13.3 Å². The SMILES string of the molecule is CC1=C[C@H]2[C@@H]3C(=O)N(C)C(=O)[C@@H]3CN2CC1. The van der Waals surface area contributed by atoms with Crippen LogP contribution in [0.4, 0.5) is 0 Å². The van der Waals surface area contributed by atoms with Gasteiger partial charge in [0.25, 0.3) is 0 Å². The van der Waals surface area contributed by atoms with Crippen molar-refractivity contribution in [2.45, 2.75) is 19.4 Å². The summed E-state index contributed by atoms with van der Waals surface area (Å²) >= 11 is 0. The lowest BCUT2D eigenvalue weighted by atomic mass is 9.90. The molecule has 86 valence electrons. The van der Waals surface area contributed by atoms with Gasteiger partial charge in [0, 0.05) is 26.2 Å². The van der Waals surface area contributed by atoms with Gasteiger partial charge in [0.05, 0.1) is 11.8 Å². The molecule has 3 atom stereocenters. The van der Waals surface area contributed by atoms with E-state index in [0.717, 1.165) is 19.5 Å². The van der Waals surface area contributed by atoms with Crippen LogP contribution in [-0.2, 0) is 9.59 Å². The van der Waals surface area contributed by atoms with Gasteiger partial charge in [-0.25, -0.2) is 0 Å². The molecule has 2 amide bonds. The Kier molecular flexibility index (Phi) is 1.98. The van der Waals surface area contributed by atoms with Crippen molar-refractivity contribution in [3.63, 3.8) is 0 Å². The van der Waals surface area contributed by atoms with Gasteiger partial charge in [-0.3, -0.25) is 19.4 Å². The Morgan fingerprint density at radius 1 is 1.31 bits per heavy atom. The van der Waals surface area contributed by atoms with Crippen molar-refractivity contribution in [2.75, 3.05) is 20.1 Å². The summed E-state index contributed by atoms with van der Waals surface area (Å²) in [5.74, 6) is -0.193. The standard InChI is InChI=1S/C12H16N2O2/c1-7-3-4-14-6-8-10(9(14)5-7)12(16)13(2)11(8)15/h5,8-10H,3-4,6H2,1-2H3/t8-,9+,10-/m1/s1. The second kappa shape index (κ2) is 3.17. The van der Waals surface area contributed by atoms with Crippen molar-refractivity contribution < 1.29 is 9.59 Å². The normalized spacial score (nSPS) is 38.8.